The zero-order chi connectivity index (χ0) is 12.1. The summed E-state index contributed by atoms with van der Waals surface area (Å²) < 4.78 is 0. The second-order valence-corrected chi connectivity index (χ2v) is 6.91. The normalized spacial score (nSPS) is 20.4. The van der Waals surface area contributed by atoms with E-state index in [2.05, 4.69) is 16.7 Å². The largest absolute Gasteiger partial charge is 0.481 e. The first kappa shape index (κ1) is 12.9. The van der Waals surface area contributed by atoms with Crippen LogP contribution in [0.4, 0.5) is 0 Å². The first-order valence-corrected chi connectivity index (χ1v) is 7.87. The zero-order valence-corrected chi connectivity index (χ0v) is 11.4. The summed E-state index contributed by atoms with van der Waals surface area (Å²) in [6.45, 7) is 0. The summed E-state index contributed by atoms with van der Waals surface area (Å²) in [5.74, 6) is 0.546. The van der Waals surface area contributed by atoms with Crippen LogP contribution in [0.3, 0.4) is 0 Å². The highest BCUT2D eigenvalue weighted by atomic mass is 32.2. The van der Waals surface area contributed by atoms with Crippen LogP contribution in [0, 0.1) is 0 Å². The molecule has 0 bridgehead atoms. The van der Waals surface area contributed by atoms with Gasteiger partial charge in [-0.05, 0) is 25.0 Å². The van der Waals surface area contributed by atoms with Crippen LogP contribution in [-0.4, -0.2) is 27.1 Å². The van der Waals surface area contributed by atoms with Gasteiger partial charge >= 0.3 is 5.97 Å². The quantitative estimate of drug-likeness (QED) is 0.894. The smallest absolute Gasteiger partial charge is 0.303 e. The van der Waals surface area contributed by atoms with E-state index in [1.165, 1.54) is 30.0 Å². The fourth-order valence-electron chi connectivity index (χ4n) is 1.95. The molecule has 1 unspecified atom stereocenters. The van der Waals surface area contributed by atoms with Gasteiger partial charge in [-0.15, -0.1) is 11.3 Å². The number of carboxylic acid groups (broad SMARTS) is 1. The molecule has 1 fully saturated rings. The van der Waals surface area contributed by atoms with Crippen LogP contribution in [0.1, 0.15) is 35.6 Å². The standard InChI is InChI=1S/C12H17NO2S2/c14-12(15)5-4-10-8-13-11(17-10)7-9-3-1-2-6-16-9/h8-9H,1-7H2,(H,14,15). The maximum Gasteiger partial charge on any atom is 0.303 e. The molecule has 5 heteroatoms. The molecule has 1 N–H and O–H groups in total. The molecule has 0 spiro atoms. The van der Waals surface area contributed by atoms with Crippen molar-refractivity contribution in [2.24, 2.45) is 0 Å². The molecule has 2 rings (SSSR count). The Labute approximate surface area is 110 Å². The number of nitrogens with zero attached hydrogens (tertiary/aromatic N) is 1. The minimum atomic E-state index is -0.734. The molecule has 1 saturated heterocycles. The predicted octanol–water partition coefficient (Wildman–Crippen LogP) is 2.99. The minimum absolute atomic E-state index is 0.208. The first-order valence-electron chi connectivity index (χ1n) is 6.01. The minimum Gasteiger partial charge on any atom is -0.481 e. The van der Waals surface area contributed by atoms with Crippen LogP contribution in [0.5, 0.6) is 0 Å². The molecular weight excluding hydrogens is 254 g/mol. The van der Waals surface area contributed by atoms with Gasteiger partial charge in [-0.2, -0.15) is 11.8 Å². The number of carboxylic acids is 1. The van der Waals surface area contributed by atoms with E-state index in [1.54, 1.807) is 11.3 Å². The van der Waals surface area contributed by atoms with Crippen LogP contribution in [0.2, 0.25) is 0 Å². The Balaban J connectivity index is 1.82. The number of aromatic nitrogens is 1. The second-order valence-electron chi connectivity index (χ2n) is 4.31. The Morgan fingerprint density at radius 1 is 1.53 bits per heavy atom. The van der Waals surface area contributed by atoms with E-state index >= 15 is 0 Å². The fraction of sp³-hybridized carbons (Fsp3) is 0.667. The maximum atomic E-state index is 10.5. The van der Waals surface area contributed by atoms with E-state index < -0.39 is 5.97 Å². The number of hydrogen-bond donors (Lipinski definition) is 1. The molecule has 1 aromatic heterocycles. The van der Waals surface area contributed by atoms with Gasteiger partial charge < -0.3 is 5.11 Å². The van der Waals surface area contributed by atoms with Gasteiger partial charge in [0, 0.05) is 22.7 Å². The van der Waals surface area contributed by atoms with Crippen LogP contribution in [0.15, 0.2) is 6.20 Å². The van der Waals surface area contributed by atoms with Gasteiger partial charge in [-0.1, -0.05) is 6.42 Å². The molecule has 3 nitrogen and oxygen atoms in total. The zero-order valence-electron chi connectivity index (χ0n) is 9.72. The van der Waals surface area contributed by atoms with Crippen molar-refractivity contribution < 1.29 is 9.90 Å². The van der Waals surface area contributed by atoms with Gasteiger partial charge in [-0.3, -0.25) is 4.79 Å². The summed E-state index contributed by atoms with van der Waals surface area (Å²) in [5, 5.41) is 10.5. The van der Waals surface area contributed by atoms with E-state index in [1.807, 2.05) is 6.20 Å². The number of hydrogen-bond acceptors (Lipinski definition) is 4. The highest BCUT2D eigenvalue weighted by molar-refractivity contribution is 7.99. The lowest BCUT2D eigenvalue weighted by atomic mass is 10.1. The lowest BCUT2D eigenvalue weighted by molar-refractivity contribution is -0.136. The molecule has 1 atom stereocenters. The molecule has 1 aromatic rings. The fourth-order valence-corrected chi connectivity index (χ4v) is 4.37. The van der Waals surface area contributed by atoms with Crippen molar-refractivity contribution in [1.82, 2.24) is 4.98 Å². The van der Waals surface area contributed by atoms with Gasteiger partial charge in [0.2, 0.25) is 0 Å². The van der Waals surface area contributed by atoms with E-state index in [-0.39, 0.29) is 6.42 Å². The lowest BCUT2D eigenvalue weighted by Gasteiger charge is -2.19. The number of carbonyl (C=O) groups is 1. The van der Waals surface area contributed by atoms with Gasteiger partial charge in [0.15, 0.2) is 0 Å². The molecule has 1 aliphatic rings. The predicted molar refractivity (Wildman–Crippen MR) is 71.9 cm³/mol. The number of aliphatic carboxylic acids is 1. The van der Waals surface area contributed by atoms with Crippen LogP contribution in [0.25, 0.3) is 0 Å². The monoisotopic (exact) mass is 271 g/mol. The van der Waals surface area contributed by atoms with Gasteiger partial charge in [0.1, 0.15) is 0 Å². The third kappa shape index (κ3) is 4.32. The highest BCUT2D eigenvalue weighted by Gasteiger charge is 2.16. The molecule has 1 aliphatic heterocycles. The van der Waals surface area contributed by atoms with Crippen molar-refractivity contribution in [3.8, 4) is 0 Å². The van der Waals surface area contributed by atoms with E-state index in [9.17, 15) is 4.79 Å². The van der Waals surface area contributed by atoms with Crippen molar-refractivity contribution in [2.75, 3.05) is 5.75 Å². The SMILES string of the molecule is O=C(O)CCc1cnc(CC2CCCCS2)s1. The molecule has 0 radical (unpaired) electrons. The summed E-state index contributed by atoms with van der Waals surface area (Å²) in [4.78, 5) is 16.0. The average Bonchev–Trinajstić information content (AvgIpc) is 2.75. The van der Waals surface area contributed by atoms with Gasteiger partial charge in [-0.25, -0.2) is 4.98 Å². The van der Waals surface area contributed by atoms with Crippen molar-refractivity contribution in [3.05, 3.63) is 16.1 Å². The second kappa shape index (κ2) is 6.40. The molecule has 0 saturated carbocycles. The number of thiazole rings is 1. The van der Waals surface area contributed by atoms with Crippen LogP contribution >= 0.6 is 23.1 Å². The summed E-state index contributed by atoms with van der Waals surface area (Å²) in [5.41, 5.74) is 0. The molecule has 0 aromatic carbocycles. The van der Waals surface area contributed by atoms with E-state index in [0.29, 0.717) is 6.42 Å². The Hall–Kier alpha value is -0.550. The molecule has 0 amide bonds. The van der Waals surface area contributed by atoms with E-state index in [0.717, 1.165) is 16.5 Å². The lowest BCUT2D eigenvalue weighted by Crippen LogP contribution is -2.12. The third-order valence-electron chi connectivity index (χ3n) is 2.86. The Morgan fingerprint density at radius 2 is 2.41 bits per heavy atom. The molecule has 17 heavy (non-hydrogen) atoms. The maximum absolute atomic E-state index is 10.5. The number of thioether (sulfide) groups is 1. The summed E-state index contributed by atoms with van der Waals surface area (Å²) in [6, 6.07) is 0. The van der Waals surface area contributed by atoms with Crippen molar-refractivity contribution in [3.63, 3.8) is 0 Å². The topological polar surface area (TPSA) is 50.2 Å². The Morgan fingerprint density at radius 3 is 3.12 bits per heavy atom. The van der Waals surface area contributed by atoms with Crippen molar-refractivity contribution in [1.29, 1.82) is 0 Å². The highest BCUT2D eigenvalue weighted by Crippen LogP contribution is 2.29. The molecular formula is C12H17NO2S2. The Bertz CT molecular complexity index is 372. The van der Waals surface area contributed by atoms with Crippen LogP contribution in [-0.2, 0) is 17.6 Å². The summed E-state index contributed by atoms with van der Waals surface area (Å²) >= 11 is 3.74. The van der Waals surface area contributed by atoms with Crippen molar-refractivity contribution in [2.45, 2.75) is 43.8 Å². The first-order chi connectivity index (χ1) is 8.24. The summed E-state index contributed by atoms with van der Waals surface area (Å²) in [7, 11) is 0. The third-order valence-corrected chi connectivity index (χ3v) is 5.34. The number of rotatable bonds is 5. The number of aryl methyl sites for hydroxylation is 1. The van der Waals surface area contributed by atoms with E-state index in [4.69, 9.17) is 5.11 Å². The average molecular weight is 271 g/mol. The van der Waals surface area contributed by atoms with Crippen molar-refractivity contribution >= 4 is 29.1 Å². The van der Waals surface area contributed by atoms with Crippen LogP contribution < -0.4 is 0 Å². The van der Waals surface area contributed by atoms with Gasteiger partial charge in [0.05, 0.1) is 11.4 Å². The Kier molecular flexibility index (Phi) is 4.86. The molecule has 2 heterocycles. The van der Waals surface area contributed by atoms with Gasteiger partial charge in [0.25, 0.3) is 0 Å². The molecule has 94 valence electrons. The summed E-state index contributed by atoms with van der Waals surface area (Å²) in [6.07, 6.45) is 7.72. The molecule has 0 aliphatic carbocycles.